The summed E-state index contributed by atoms with van der Waals surface area (Å²) in [6.45, 7) is 0. The number of imidazole rings is 1. The number of hydrogen-bond acceptors (Lipinski definition) is 4. The molecule has 6 nitrogen and oxygen atoms in total. The SMILES string of the molecule is COc1ccc(C2C3C=CC=CC3C(=O)N2c2ccn3ccnc3c2)cc1OC. The van der Waals surface area contributed by atoms with E-state index in [2.05, 4.69) is 11.1 Å². The van der Waals surface area contributed by atoms with Crippen molar-refractivity contribution in [2.24, 2.45) is 11.8 Å². The van der Waals surface area contributed by atoms with Crippen LogP contribution in [0.5, 0.6) is 11.5 Å². The van der Waals surface area contributed by atoms with Crippen molar-refractivity contribution in [3.63, 3.8) is 0 Å². The molecule has 2 aliphatic rings. The fraction of sp³-hybridized carbons (Fsp3) is 0.217. The van der Waals surface area contributed by atoms with Crippen LogP contribution in [0.15, 0.2) is 73.2 Å². The van der Waals surface area contributed by atoms with Gasteiger partial charge in [-0.15, -0.1) is 0 Å². The zero-order valence-corrected chi connectivity index (χ0v) is 16.2. The Morgan fingerprint density at radius 1 is 0.966 bits per heavy atom. The Morgan fingerprint density at radius 3 is 2.62 bits per heavy atom. The van der Waals surface area contributed by atoms with Crippen LogP contribution in [0.2, 0.25) is 0 Å². The number of aromatic nitrogens is 2. The molecule has 5 rings (SSSR count). The number of amides is 1. The molecule has 0 spiro atoms. The van der Waals surface area contributed by atoms with Crippen LogP contribution in [0.25, 0.3) is 5.65 Å². The Bertz CT molecular complexity index is 1150. The first-order valence-electron chi connectivity index (χ1n) is 9.54. The predicted octanol–water partition coefficient (Wildman–Crippen LogP) is 3.80. The third kappa shape index (κ3) is 2.71. The third-order valence-corrected chi connectivity index (χ3v) is 5.75. The van der Waals surface area contributed by atoms with Crippen LogP contribution < -0.4 is 14.4 Å². The lowest BCUT2D eigenvalue weighted by molar-refractivity contribution is -0.119. The number of benzene rings is 1. The zero-order chi connectivity index (χ0) is 20.0. The Hall–Kier alpha value is -3.54. The lowest BCUT2D eigenvalue weighted by Crippen LogP contribution is -2.29. The van der Waals surface area contributed by atoms with Crippen molar-refractivity contribution in [2.75, 3.05) is 19.1 Å². The number of nitrogens with zero attached hydrogens (tertiary/aromatic N) is 3. The van der Waals surface area contributed by atoms with E-state index < -0.39 is 0 Å². The molecule has 0 bridgehead atoms. The number of fused-ring (bicyclic) bond motifs is 2. The van der Waals surface area contributed by atoms with Gasteiger partial charge in [-0.1, -0.05) is 30.4 Å². The highest BCUT2D eigenvalue weighted by atomic mass is 16.5. The number of allylic oxidation sites excluding steroid dienone is 2. The topological polar surface area (TPSA) is 56.1 Å². The van der Waals surface area contributed by atoms with E-state index in [1.165, 1.54) is 0 Å². The zero-order valence-electron chi connectivity index (χ0n) is 16.2. The molecule has 0 N–H and O–H groups in total. The molecule has 29 heavy (non-hydrogen) atoms. The smallest absolute Gasteiger partial charge is 0.235 e. The van der Waals surface area contributed by atoms with Crippen LogP contribution in [0.4, 0.5) is 5.69 Å². The van der Waals surface area contributed by atoms with Crippen molar-refractivity contribution < 1.29 is 14.3 Å². The average Bonchev–Trinajstić information content (AvgIpc) is 3.35. The number of anilines is 1. The van der Waals surface area contributed by atoms with E-state index in [1.807, 2.05) is 70.3 Å². The number of carbonyl (C=O) groups excluding carboxylic acids is 1. The molecule has 1 saturated heterocycles. The normalized spacial score (nSPS) is 22.9. The van der Waals surface area contributed by atoms with Crippen molar-refractivity contribution in [1.82, 2.24) is 9.38 Å². The second-order valence-electron chi connectivity index (χ2n) is 7.22. The summed E-state index contributed by atoms with van der Waals surface area (Å²) in [6, 6.07) is 9.64. The molecule has 3 atom stereocenters. The van der Waals surface area contributed by atoms with E-state index in [4.69, 9.17) is 9.47 Å². The molecule has 0 radical (unpaired) electrons. The van der Waals surface area contributed by atoms with E-state index in [1.54, 1.807) is 20.4 Å². The second kappa shape index (κ2) is 6.81. The molecule has 1 aromatic carbocycles. The Labute approximate surface area is 168 Å². The van der Waals surface area contributed by atoms with E-state index in [-0.39, 0.29) is 23.8 Å². The van der Waals surface area contributed by atoms with Crippen LogP contribution in [0, 0.1) is 11.8 Å². The largest absolute Gasteiger partial charge is 0.493 e. The molecule has 3 unspecified atom stereocenters. The number of methoxy groups -OCH3 is 2. The molecule has 1 aliphatic carbocycles. The van der Waals surface area contributed by atoms with Crippen molar-refractivity contribution in [2.45, 2.75) is 6.04 Å². The Morgan fingerprint density at radius 2 is 1.79 bits per heavy atom. The summed E-state index contributed by atoms with van der Waals surface area (Å²) >= 11 is 0. The average molecular weight is 387 g/mol. The molecule has 3 heterocycles. The van der Waals surface area contributed by atoms with Gasteiger partial charge in [-0.05, 0) is 23.8 Å². The third-order valence-electron chi connectivity index (χ3n) is 5.75. The van der Waals surface area contributed by atoms with E-state index in [0.717, 1.165) is 16.9 Å². The maximum absolute atomic E-state index is 13.4. The highest BCUT2D eigenvalue weighted by Crippen LogP contribution is 2.48. The summed E-state index contributed by atoms with van der Waals surface area (Å²) < 4.78 is 12.8. The van der Waals surface area contributed by atoms with Crippen molar-refractivity contribution in [3.8, 4) is 11.5 Å². The molecular weight excluding hydrogens is 366 g/mol. The first kappa shape index (κ1) is 17.6. The maximum atomic E-state index is 13.4. The number of ether oxygens (including phenoxy) is 2. The van der Waals surface area contributed by atoms with Gasteiger partial charge in [0.15, 0.2) is 11.5 Å². The predicted molar refractivity (Wildman–Crippen MR) is 110 cm³/mol. The fourth-order valence-electron chi connectivity index (χ4n) is 4.39. The van der Waals surface area contributed by atoms with Gasteiger partial charge in [0.05, 0.1) is 26.2 Å². The molecule has 0 saturated carbocycles. The summed E-state index contributed by atoms with van der Waals surface area (Å²) in [5, 5.41) is 0. The van der Waals surface area contributed by atoms with Gasteiger partial charge in [-0.3, -0.25) is 4.79 Å². The molecule has 3 aromatic rings. The highest BCUT2D eigenvalue weighted by Gasteiger charge is 2.47. The minimum absolute atomic E-state index is 0.0431. The van der Waals surface area contributed by atoms with E-state index in [9.17, 15) is 4.79 Å². The van der Waals surface area contributed by atoms with Crippen LogP contribution in [-0.4, -0.2) is 29.5 Å². The minimum Gasteiger partial charge on any atom is -0.493 e. The summed E-state index contributed by atoms with van der Waals surface area (Å²) in [5.41, 5.74) is 2.65. The molecular formula is C23H21N3O3. The number of pyridine rings is 1. The fourth-order valence-corrected chi connectivity index (χ4v) is 4.39. The standard InChI is InChI=1S/C23H21N3O3/c1-28-19-8-7-15(13-20(19)29-2)22-17-5-3-4-6-18(17)23(27)26(22)16-9-11-25-12-10-24-21(25)14-16/h3-14,17-18,22H,1-2H3. The molecule has 2 aromatic heterocycles. The van der Waals surface area contributed by atoms with Gasteiger partial charge in [0.1, 0.15) is 5.65 Å². The summed E-state index contributed by atoms with van der Waals surface area (Å²) in [4.78, 5) is 19.7. The van der Waals surface area contributed by atoms with E-state index >= 15 is 0 Å². The van der Waals surface area contributed by atoms with E-state index in [0.29, 0.717) is 11.5 Å². The van der Waals surface area contributed by atoms with Gasteiger partial charge in [-0.2, -0.15) is 0 Å². The van der Waals surface area contributed by atoms with Crippen LogP contribution in [0.3, 0.4) is 0 Å². The Kier molecular flexibility index (Phi) is 4.12. The highest BCUT2D eigenvalue weighted by molar-refractivity contribution is 6.00. The van der Waals surface area contributed by atoms with Gasteiger partial charge in [0.2, 0.25) is 5.91 Å². The lowest BCUT2D eigenvalue weighted by Gasteiger charge is -2.28. The number of carbonyl (C=O) groups is 1. The molecule has 6 heteroatoms. The first-order valence-corrected chi connectivity index (χ1v) is 9.54. The molecule has 1 aliphatic heterocycles. The van der Waals surface area contributed by atoms with Crippen molar-refractivity contribution >= 4 is 17.2 Å². The van der Waals surface area contributed by atoms with Gasteiger partial charge in [-0.25, -0.2) is 4.98 Å². The summed E-state index contributed by atoms with van der Waals surface area (Å²) in [5.74, 6) is 1.27. The summed E-state index contributed by atoms with van der Waals surface area (Å²) in [6.07, 6.45) is 13.7. The lowest BCUT2D eigenvalue weighted by atomic mass is 9.84. The van der Waals surface area contributed by atoms with Crippen LogP contribution in [-0.2, 0) is 4.79 Å². The van der Waals surface area contributed by atoms with Crippen LogP contribution >= 0.6 is 0 Å². The van der Waals surface area contributed by atoms with Crippen molar-refractivity contribution in [3.05, 3.63) is 78.8 Å². The number of rotatable bonds is 4. The van der Waals surface area contributed by atoms with Crippen LogP contribution in [0.1, 0.15) is 11.6 Å². The summed E-state index contributed by atoms with van der Waals surface area (Å²) in [7, 11) is 3.24. The van der Waals surface area contributed by atoms with Gasteiger partial charge < -0.3 is 18.8 Å². The molecule has 1 fully saturated rings. The monoisotopic (exact) mass is 387 g/mol. The second-order valence-corrected chi connectivity index (χ2v) is 7.22. The maximum Gasteiger partial charge on any atom is 0.235 e. The van der Waals surface area contributed by atoms with Gasteiger partial charge in [0, 0.05) is 36.3 Å². The minimum atomic E-state index is -0.186. The molecule has 146 valence electrons. The Balaban J connectivity index is 1.66. The molecule has 1 amide bonds. The van der Waals surface area contributed by atoms with Gasteiger partial charge >= 0.3 is 0 Å². The first-order chi connectivity index (χ1) is 14.2. The number of hydrogen-bond donors (Lipinski definition) is 0. The quantitative estimate of drug-likeness (QED) is 0.683. The van der Waals surface area contributed by atoms with Crippen molar-refractivity contribution in [1.29, 1.82) is 0 Å². The van der Waals surface area contributed by atoms with Gasteiger partial charge in [0.25, 0.3) is 0 Å².